The third-order valence-electron chi connectivity index (χ3n) is 2.75. The van der Waals surface area contributed by atoms with Crippen LogP contribution in [0.3, 0.4) is 0 Å². The minimum Gasteiger partial charge on any atom is -0.252 e. The van der Waals surface area contributed by atoms with Crippen molar-refractivity contribution in [3.63, 3.8) is 0 Å². The molecule has 0 aliphatic rings. The summed E-state index contributed by atoms with van der Waals surface area (Å²) in [4.78, 5) is 4.52. The van der Waals surface area contributed by atoms with Gasteiger partial charge in [0.05, 0.1) is 16.2 Å². The van der Waals surface area contributed by atoms with Crippen LogP contribution in [0.2, 0.25) is 5.02 Å². The van der Waals surface area contributed by atoms with Gasteiger partial charge >= 0.3 is 0 Å². The Kier molecular flexibility index (Phi) is 2.67. The molecule has 1 aromatic carbocycles. The maximum Gasteiger partial charge on any atom is 0.0709 e. The molecule has 2 rings (SSSR count). The maximum absolute atomic E-state index is 6.39. The van der Waals surface area contributed by atoms with Gasteiger partial charge in [-0.05, 0) is 24.0 Å². The highest BCUT2D eigenvalue weighted by Crippen LogP contribution is 2.36. The Morgan fingerprint density at radius 1 is 1.12 bits per heavy atom. The second-order valence-electron chi connectivity index (χ2n) is 5.15. The van der Waals surface area contributed by atoms with Crippen LogP contribution in [-0.2, 0) is 5.41 Å². The van der Waals surface area contributed by atoms with Crippen molar-refractivity contribution < 1.29 is 0 Å². The molecule has 0 saturated heterocycles. The fourth-order valence-electron chi connectivity index (χ4n) is 2.04. The number of benzene rings is 1. The van der Waals surface area contributed by atoms with Crippen molar-refractivity contribution in [1.82, 2.24) is 4.98 Å². The first-order chi connectivity index (χ1) is 7.41. The summed E-state index contributed by atoms with van der Waals surface area (Å²) in [5, 5.41) is 1.96. The van der Waals surface area contributed by atoms with Gasteiger partial charge in [0.2, 0.25) is 0 Å². The first-order valence-electron chi connectivity index (χ1n) is 5.46. The monoisotopic (exact) mass is 233 g/mol. The minimum absolute atomic E-state index is 0.0321. The van der Waals surface area contributed by atoms with Crippen LogP contribution >= 0.6 is 11.6 Å². The Labute approximate surface area is 101 Å². The largest absolute Gasteiger partial charge is 0.252 e. The van der Waals surface area contributed by atoms with Gasteiger partial charge in [0.15, 0.2) is 0 Å². The van der Waals surface area contributed by atoms with E-state index < -0.39 is 0 Å². The molecule has 0 bridgehead atoms. The van der Waals surface area contributed by atoms with E-state index in [9.17, 15) is 0 Å². The molecule has 2 aromatic rings. The summed E-state index contributed by atoms with van der Waals surface area (Å²) in [5.41, 5.74) is 3.15. The molecule has 1 nitrogen and oxygen atoms in total. The van der Waals surface area contributed by atoms with Crippen LogP contribution in [-0.4, -0.2) is 4.98 Å². The van der Waals surface area contributed by atoms with Gasteiger partial charge in [-0.1, -0.05) is 50.6 Å². The normalized spacial score (nSPS) is 12.1. The number of nitrogens with zero attached hydrogens (tertiary/aromatic N) is 1. The van der Waals surface area contributed by atoms with Crippen LogP contribution in [0.15, 0.2) is 24.3 Å². The summed E-state index contributed by atoms with van der Waals surface area (Å²) in [5.74, 6) is 0. The van der Waals surface area contributed by atoms with Crippen LogP contribution in [0.25, 0.3) is 10.9 Å². The van der Waals surface area contributed by atoms with Gasteiger partial charge in [-0.2, -0.15) is 0 Å². The molecule has 0 spiro atoms. The molecule has 0 atom stereocenters. The van der Waals surface area contributed by atoms with Gasteiger partial charge in [-0.25, -0.2) is 0 Å². The predicted molar refractivity (Wildman–Crippen MR) is 70.2 cm³/mol. The lowest BCUT2D eigenvalue weighted by Crippen LogP contribution is -2.14. The Hall–Kier alpha value is -1.08. The van der Waals surface area contributed by atoms with E-state index in [0.29, 0.717) is 0 Å². The molecule has 0 unspecified atom stereocenters. The number of fused-ring (bicyclic) bond motifs is 1. The Bertz CT molecular complexity index is 538. The zero-order chi connectivity index (χ0) is 11.9. The van der Waals surface area contributed by atoms with E-state index in [1.54, 1.807) is 0 Å². The molecule has 0 radical (unpaired) electrons. The van der Waals surface area contributed by atoms with E-state index in [2.05, 4.69) is 31.8 Å². The molecule has 1 aromatic heterocycles. The van der Waals surface area contributed by atoms with Crippen molar-refractivity contribution in [2.24, 2.45) is 0 Å². The number of para-hydroxylation sites is 1. The van der Waals surface area contributed by atoms with Crippen LogP contribution in [0, 0.1) is 6.92 Å². The average molecular weight is 234 g/mol. The van der Waals surface area contributed by atoms with Crippen molar-refractivity contribution in [3.8, 4) is 0 Å². The first kappa shape index (κ1) is 11.4. The van der Waals surface area contributed by atoms with E-state index in [0.717, 1.165) is 21.6 Å². The molecule has 0 amide bonds. The van der Waals surface area contributed by atoms with Crippen LogP contribution in [0.5, 0.6) is 0 Å². The number of aromatic nitrogens is 1. The van der Waals surface area contributed by atoms with Crippen LogP contribution in [0.4, 0.5) is 0 Å². The topological polar surface area (TPSA) is 12.9 Å². The van der Waals surface area contributed by atoms with Crippen molar-refractivity contribution in [2.75, 3.05) is 0 Å². The maximum atomic E-state index is 6.39. The van der Waals surface area contributed by atoms with Gasteiger partial charge in [0.25, 0.3) is 0 Å². The van der Waals surface area contributed by atoms with Gasteiger partial charge in [-0.15, -0.1) is 0 Å². The Morgan fingerprint density at radius 3 is 2.38 bits per heavy atom. The molecule has 1 heterocycles. The summed E-state index contributed by atoms with van der Waals surface area (Å²) < 4.78 is 0. The second-order valence-corrected chi connectivity index (χ2v) is 5.53. The number of rotatable bonds is 0. The quantitative estimate of drug-likeness (QED) is 0.653. The van der Waals surface area contributed by atoms with Crippen molar-refractivity contribution in [2.45, 2.75) is 33.1 Å². The Morgan fingerprint density at radius 2 is 1.75 bits per heavy atom. The summed E-state index contributed by atoms with van der Waals surface area (Å²) in [6.07, 6.45) is 0. The lowest BCUT2D eigenvalue weighted by Gasteiger charge is -2.23. The van der Waals surface area contributed by atoms with Gasteiger partial charge in [-0.3, -0.25) is 4.98 Å². The molecule has 0 N–H and O–H groups in total. The van der Waals surface area contributed by atoms with Crippen molar-refractivity contribution in [3.05, 3.63) is 40.5 Å². The SMILES string of the molecule is Cc1nc2ccccc2c(C(C)(C)C)c1Cl. The minimum atomic E-state index is 0.0321. The van der Waals surface area contributed by atoms with Crippen LogP contribution < -0.4 is 0 Å². The molecule has 0 saturated carbocycles. The lowest BCUT2D eigenvalue weighted by molar-refractivity contribution is 0.595. The fraction of sp³-hybridized carbons (Fsp3) is 0.357. The lowest BCUT2D eigenvalue weighted by atomic mass is 9.84. The Balaban J connectivity index is 2.93. The van der Waals surface area contributed by atoms with Gasteiger partial charge in [0, 0.05) is 5.39 Å². The van der Waals surface area contributed by atoms with E-state index >= 15 is 0 Å². The highest BCUT2D eigenvalue weighted by Gasteiger charge is 2.22. The zero-order valence-electron chi connectivity index (χ0n) is 10.1. The predicted octanol–water partition coefficient (Wildman–Crippen LogP) is 4.49. The van der Waals surface area contributed by atoms with Crippen LogP contribution in [0.1, 0.15) is 32.0 Å². The van der Waals surface area contributed by atoms with Gasteiger partial charge < -0.3 is 0 Å². The average Bonchev–Trinajstić information content (AvgIpc) is 2.17. The molecular formula is C14H16ClN. The molecular weight excluding hydrogens is 218 g/mol. The van der Waals surface area contributed by atoms with Gasteiger partial charge in [0.1, 0.15) is 0 Å². The summed E-state index contributed by atoms with van der Waals surface area (Å²) in [7, 11) is 0. The smallest absolute Gasteiger partial charge is 0.0709 e. The number of halogens is 1. The number of hydrogen-bond acceptors (Lipinski definition) is 1. The van der Waals surface area contributed by atoms with E-state index in [-0.39, 0.29) is 5.41 Å². The summed E-state index contributed by atoms with van der Waals surface area (Å²) in [6, 6.07) is 8.17. The number of pyridine rings is 1. The fourth-order valence-corrected chi connectivity index (χ4v) is 2.47. The zero-order valence-corrected chi connectivity index (χ0v) is 10.9. The third-order valence-corrected chi connectivity index (χ3v) is 3.21. The second kappa shape index (κ2) is 3.74. The van der Waals surface area contributed by atoms with E-state index in [1.807, 2.05) is 25.1 Å². The number of hydrogen-bond donors (Lipinski definition) is 0. The van der Waals surface area contributed by atoms with E-state index in [1.165, 1.54) is 5.56 Å². The molecule has 0 fully saturated rings. The van der Waals surface area contributed by atoms with Crippen molar-refractivity contribution >= 4 is 22.5 Å². The standard InChI is InChI=1S/C14H16ClN/c1-9-13(15)12(14(2,3)4)10-7-5-6-8-11(10)16-9/h5-8H,1-4H3. The highest BCUT2D eigenvalue weighted by atomic mass is 35.5. The summed E-state index contributed by atoms with van der Waals surface area (Å²) >= 11 is 6.39. The number of aryl methyl sites for hydroxylation is 1. The first-order valence-corrected chi connectivity index (χ1v) is 5.84. The molecule has 84 valence electrons. The van der Waals surface area contributed by atoms with E-state index in [4.69, 9.17) is 11.6 Å². The molecule has 2 heteroatoms. The molecule has 16 heavy (non-hydrogen) atoms. The summed E-state index contributed by atoms with van der Waals surface area (Å²) in [6.45, 7) is 8.50. The molecule has 0 aliphatic carbocycles. The third kappa shape index (κ3) is 1.80. The molecule has 0 aliphatic heterocycles. The highest BCUT2D eigenvalue weighted by molar-refractivity contribution is 6.33. The van der Waals surface area contributed by atoms with Crippen molar-refractivity contribution in [1.29, 1.82) is 0 Å².